The van der Waals surface area contributed by atoms with Gasteiger partial charge >= 0.3 is 0 Å². The van der Waals surface area contributed by atoms with E-state index in [0.717, 1.165) is 19.4 Å². The summed E-state index contributed by atoms with van der Waals surface area (Å²) in [5.41, 5.74) is 5.68. The highest BCUT2D eigenvalue weighted by molar-refractivity contribution is 5.79. The molecular weight excluding hydrogens is 256 g/mol. The Hall–Kier alpha value is -2.20. The number of nitrogens with zero attached hydrogens (tertiary/aromatic N) is 4. The molecule has 0 bridgehead atoms. The van der Waals surface area contributed by atoms with Crippen molar-refractivity contribution < 1.29 is 4.79 Å². The van der Waals surface area contributed by atoms with Gasteiger partial charge in [-0.05, 0) is 12.8 Å². The van der Waals surface area contributed by atoms with Gasteiger partial charge in [0.25, 0.3) is 0 Å². The number of nitrogens with one attached hydrogen (secondary N) is 1. The molecule has 1 fully saturated rings. The minimum Gasteiger partial charge on any atom is -0.355 e. The second kappa shape index (κ2) is 6.82. The summed E-state index contributed by atoms with van der Waals surface area (Å²) >= 11 is 0. The van der Waals surface area contributed by atoms with Crippen molar-refractivity contribution >= 4 is 11.7 Å². The summed E-state index contributed by atoms with van der Waals surface area (Å²) in [5.74, 6) is 0.484. The predicted molar refractivity (Wildman–Crippen MR) is 73.7 cm³/mol. The second-order valence-corrected chi connectivity index (χ2v) is 4.71. The van der Waals surface area contributed by atoms with Crippen molar-refractivity contribution in [3.8, 4) is 6.07 Å². The normalized spacial score (nSPS) is 18.4. The van der Waals surface area contributed by atoms with E-state index in [1.807, 2.05) is 11.0 Å². The molecule has 2 heterocycles. The fourth-order valence-corrected chi connectivity index (χ4v) is 2.36. The van der Waals surface area contributed by atoms with Gasteiger partial charge in [0.05, 0.1) is 5.92 Å². The smallest absolute Gasteiger partial charge is 0.224 e. The van der Waals surface area contributed by atoms with E-state index in [1.54, 1.807) is 6.20 Å². The Labute approximate surface area is 117 Å². The Balaban J connectivity index is 2.07. The standard InChI is InChI=1S/C13H18N6O/c14-3-4-18-13(20)10-2-1-7-19(9-10)12-11(8-15)16-5-6-17-12/h5-6,10H,1-4,7,9,14H2,(H,18,20). The summed E-state index contributed by atoms with van der Waals surface area (Å²) in [4.78, 5) is 22.2. The minimum atomic E-state index is -0.0937. The lowest BCUT2D eigenvalue weighted by atomic mass is 9.97. The first-order chi connectivity index (χ1) is 9.76. The zero-order valence-corrected chi connectivity index (χ0v) is 11.2. The number of hydrogen-bond acceptors (Lipinski definition) is 6. The fraction of sp³-hybridized carbons (Fsp3) is 0.538. The molecule has 1 aliphatic rings. The summed E-state index contributed by atoms with van der Waals surface area (Å²) < 4.78 is 0. The van der Waals surface area contributed by atoms with Crippen LogP contribution in [-0.2, 0) is 4.79 Å². The number of nitrogens with two attached hydrogens (primary N) is 1. The molecule has 7 nitrogen and oxygen atoms in total. The van der Waals surface area contributed by atoms with E-state index in [1.165, 1.54) is 6.20 Å². The van der Waals surface area contributed by atoms with Gasteiger partial charge in [0.15, 0.2) is 11.5 Å². The van der Waals surface area contributed by atoms with Crippen LogP contribution in [0.1, 0.15) is 18.5 Å². The van der Waals surface area contributed by atoms with E-state index in [2.05, 4.69) is 15.3 Å². The Bertz CT molecular complexity index is 512. The third kappa shape index (κ3) is 3.22. The zero-order valence-electron chi connectivity index (χ0n) is 11.2. The number of carbonyl (C=O) groups is 1. The van der Waals surface area contributed by atoms with Gasteiger partial charge in [0.1, 0.15) is 6.07 Å². The van der Waals surface area contributed by atoms with Gasteiger partial charge in [-0.2, -0.15) is 5.26 Å². The van der Waals surface area contributed by atoms with Crippen LogP contribution in [-0.4, -0.2) is 42.1 Å². The molecule has 0 aliphatic carbocycles. The van der Waals surface area contributed by atoms with Crippen molar-refractivity contribution in [3.63, 3.8) is 0 Å². The summed E-state index contributed by atoms with van der Waals surface area (Å²) in [5, 5.41) is 11.9. The lowest BCUT2D eigenvalue weighted by Gasteiger charge is -2.32. The molecule has 20 heavy (non-hydrogen) atoms. The molecule has 1 aromatic heterocycles. The van der Waals surface area contributed by atoms with E-state index in [-0.39, 0.29) is 11.8 Å². The summed E-state index contributed by atoms with van der Waals surface area (Å²) in [6.45, 7) is 2.27. The second-order valence-electron chi connectivity index (χ2n) is 4.71. The Morgan fingerprint density at radius 2 is 2.35 bits per heavy atom. The van der Waals surface area contributed by atoms with Crippen LogP contribution in [0.15, 0.2) is 12.4 Å². The van der Waals surface area contributed by atoms with Crippen molar-refractivity contribution in [1.82, 2.24) is 15.3 Å². The first kappa shape index (κ1) is 14.2. The monoisotopic (exact) mass is 274 g/mol. The predicted octanol–water partition coefficient (Wildman–Crippen LogP) is -0.360. The van der Waals surface area contributed by atoms with Gasteiger partial charge in [0, 0.05) is 38.6 Å². The Morgan fingerprint density at radius 1 is 1.55 bits per heavy atom. The number of anilines is 1. The summed E-state index contributed by atoms with van der Waals surface area (Å²) in [6, 6.07) is 2.04. The van der Waals surface area contributed by atoms with Crippen molar-refractivity contribution in [2.75, 3.05) is 31.1 Å². The maximum absolute atomic E-state index is 12.0. The van der Waals surface area contributed by atoms with Crippen LogP contribution in [0.2, 0.25) is 0 Å². The molecule has 106 valence electrons. The van der Waals surface area contributed by atoms with Crippen LogP contribution >= 0.6 is 0 Å². The van der Waals surface area contributed by atoms with Crippen LogP contribution in [0.5, 0.6) is 0 Å². The van der Waals surface area contributed by atoms with Gasteiger partial charge in [-0.15, -0.1) is 0 Å². The first-order valence-corrected chi connectivity index (χ1v) is 6.70. The molecule has 7 heteroatoms. The fourth-order valence-electron chi connectivity index (χ4n) is 2.36. The first-order valence-electron chi connectivity index (χ1n) is 6.70. The van der Waals surface area contributed by atoms with Gasteiger partial charge in [-0.3, -0.25) is 4.79 Å². The molecule has 0 spiro atoms. The molecular formula is C13H18N6O. The average Bonchev–Trinajstić information content (AvgIpc) is 2.52. The third-order valence-corrected chi connectivity index (χ3v) is 3.32. The number of aromatic nitrogens is 2. The molecule has 3 N–H and O–H groups in total. The van der Waals surface area contributed by atoms with Gasteiger partial charge in [0.2, 0.25) is 5.91 Å². The minimum absolute atomic E-state index is 0.0162. The van der Waals surface area contributed by atoms with Crippen LogP contribution in [0.4, 0.5) is 5.82 Å². The van der Waals surface area contributed by atoms with Crippen molar-refractivity contribution in [1.29, 1.82) is 5.26 Å². The number of rotatable bonds is 4. The summed E-state index contributed by atoms with van der Waals surface area (Å²) in [6.07, 6.45) is 4.79. The largest absolute Gasteiger partial charge is 0.355 e. The quantitative estimate of drug-likeness (QED) is 0.776. The number of hydrogen-bond donors (Lipinski definition) is 2. The van der Waals surface area contributed by atoms with Crippen LogP contribution in [0.25, 0.3) is 0 Å². The number of nitriles is 1. The van der Waals surface area contributed by atoms with Crippen LogP contribution in [0, 0.1) is 17.2 Å². The highest BCUT2D eigenvalue weighted by Gasteiger charge is 2.27. The molecule has 1 aromatic rings. The van der Waals surface area contributed by atoms with Crippen molar-refractivity contribution in [2.24, 2.45) is 11.7 Å². The van der Waals surface area contributed by atoms with Crippen molar-refractivity contribution in [3.05, 3.63) is 18.1 Å². The summed E-state index contributed by atoms with van der Waals surface area (Å²) in [7, 11) is 0. The van der Waals surface area contributed by atoms with E-state index >= 15 is 0 Å². The van der Waals surface area contributed by atoms with Crippen LogP contribution < -0.4 is 16.0 Å². The lowest BCUT2D eigenvalue weighted by Crippen LogP contribution is -2.44. The van der Waals surface area contributed by atoms with Gasteiger partial charge in [-0.1, -0.05) is 0 Å². The molecule has 1 atom stereocenters. The maximum Gasteiger partial charge on any atom is 0.224 e. The van der Waals surface area contributed by atoms with Gasteiger partial charge < -0.3 is 16.0 Å². The van der Waals surface area contributed by atoms with Gasteiger partial charge in [-0.25, -0.2) is 9.97 Å². The van der Waals surface area contributed by atoms with E-state index < -0.39 is 0 Å². The highest BCUT2D eigenvalue weighted by Crippen LogP contribution is 2.23. The van der Waals surface area contributed by atoms with Crippen molar-refractivity contribution in [2.45, 2.75) is 12.8 Å². The maximum atomic E-state index is 12.0. The lowest BCUT2D eigenvalue weighted by molar-refractivity contribution is -0.125. The molecule has 0 aromatic carbocycles. The average molecular weight is 274 g/mol. The topological polar surface area (TPSA) is 108 Å². The van der Waals surface area contributed by atoms with E-state index in [9.17, 15) is 4.79 Å². The number of amides is 1. The molecule has 1 unspecified atom stereocenters. The Kier molecular flexibility index (Phi) is 4.85. The molecule has 1 aliphatic heterocycles. The molecule has 1 saturated heterocycles. The highest BCUT2D eigenvalue weighted by atomic mass is 16.1. The van der Waals surface area contributed by atoms with Crippen LogP contribution in [0.3, 0.4) is 0 Å². The molecule has 0 saturated carbocycles. The zero-order chi connectivity index (χ0) is 14.4. The Morgan fingerprint density at radius 3 is 3.10 bits per heavy atom. The van der Waals surface area contributed by atoms with E-state index in [4.69, 9.17) is 11.0 Å². The molecule has 0 radical (unpaired) electrons. The SMILES string of the molecule is N#Cc1nccnc1N1CCCC(C(=O)NCCN)C1. The third-order valence-electron chi connectivity index (χ3n) is 3.32. The number of piperidine rings is 1. The molecule has 1 amide bonds. The molecule has 2 rings (SSSR count). The van der Waals surface area contributed by atoms with E-state index in [0.29, 0.717) is 31.1 Å². The number of carbonyl (C=O) groups excluding carboxylic acids is 1.